The van der Waals surface area contributed by atoms with Crippen LogP contribution in [-0.4, -0.2) is 37.7 Å². The Morgan fingerprint density at radius 2 is 1.78 bits per heavy atom. The van der Waals surface area contributed by atoms with Crippen LogP contribution in [0, 0.1) is 0 Å². The molecule has 1 N–H and O–H groups in total. The van der Waals surface area contributed by atoms with Crippen molar-refractivity contribution in [1.29, 1.82) is 0 Å². The number of para-hydroxylation sites is 1. The van der Waals surface area contributed by atoms with Gasteiger partial charge in [0, 0.05) is 37.8 Å². The summed E-state index contributed by atoms with van der Waals surface area (Å²) >= 11 is 0. The standard InChI is InChI=1S/C18H30N2O.2ClH/c1-3-5-6-10-17(20-14-12-19-13-15-20)16-9-7-8-11-18(16)21-4-2;;/h7-9,11,17,19H,3-6,10,12-15H2,1-2H3;2*1H/t17-;;/m1../s1. The summed E-state index contributed by atoms with van der Waals surface area (Å²) in [6.07, 6.45) is 5.13. The Balaban J connectivity index is 0.00000242. The van der Waals surface area contributed by atoms with E-state index < -0.39 is 0 Å². The molecule has 0 saturated carbocycles. The minimum absolute atomic E-state index is 0. The smallest absolute Gasteiger partial charge is 0.124 e. The van der Waals surface area contributed by atoms with Crippen LogP contribution in [-0.2, 0) is 0 Å². The molecule has 0 aromatic heterocycles. The summed E-state index contributed by atoms with van der Waals surface area (Å²) in [5, 5.41) is 3.46. The number of rotatable bonds is 8. The van der Waals surface area contributed by atoms with Crippen molar-refractivity contribution in [2.24, 2.45) is 0 Å². The summed E-state index contributed by atoms with van der Waals surface area (Å²) in [7, 11) is 0. The van der Waals surface area contributed by atoms with Crippen LogP contribution >= 0.6 is 24.8 Å². The first kappa shape index (κ1) is 22.5. The van der Waals surface area contributed by atoms with Crippen molar-refractivity contribution >= 4 is 24.8 Å². The predicted octanol–water partition coefficient (Wildman–Crippen LogP) is 4.46. The van der Waals surface area contributed by atoms with Crippen molar-refractivity contribution in [1.82, 2.24) is 10.2 Å². The van der Waals surface area contributed by atoms with E-state index in [1.807, 2.05) is 0 Å². The van der Waals surface area contributed by atoms with Gasteiger partial charge >= 0.3 is 0 Å². The maximum Gasteiger partial charge on any atom is 0.124 e. The molecule has 1 aliphatic rings. The highest BCUT2D eigenvalue weighted by Gasteiger charge is 2.24. The third-order valence-electron chi connectivity index (χ3n) is 4.25. The average molecular weight is 363 g/mol. The van der Waals surface area contributed by atoms with E-state index in [1.165, 1.54) is 31.2 Å². The Kier molecular flexibility index (Phi) is 12.6. The number of nitrogens with one attached hydrogen (secondary N) is 1. The fourth-order valence-electron chi connectivity index (χ4n) is 3.16. The van der Waals surface area contributed by atoms with Crippen LogP contribution in [0.15, 0.2) is 24.3 Å². The van der Waals surface area contributed by atoms with Gasteiger partial charge < -0.3 is 10.1 Å². The quantitative estimate of drug-likeness (QED) is 0.691. The zero-order chi connectivity index (χ0) is 14.9. The molecule has 0 radical (unpaired) electrons. The van der Waals surface area contributed by atoms with Gasteiger partial charge in [-0.25, -0.2) is 0 Å². The van der Waals surface area contributed by atoms with E-state index >= 15 is 0 Å². The first-order chi connectivity index (χ1) is 10.4. The average Bonchev–Trinajstić information content (AvgIpc) is 2.54. The largest absolute Gasteiger partial charge is 0.494 e. The third kappa shape index (κ3) is 6.88. The Morgan fingerprint density at radius 1 is 1.09 bits per heavy atom. The van der Waals surface area contributed by atoms with Crippen LogP contribution in [0.25, 0.3) is 0 Å². The van der Waals surface area contributed by atoms with Gasteiger partial charge in [-0.1, -0.05) is 44.4 Å². The van der Waals surface area contributed by atoms with E-state index in [9.17, 15) is 0 Å². The molecule has 2 rings (SSSR count). The Morgan fingerprint density at radius 3 is 2.43 bits per heavy atom. The summed E-state index contributed by atoms with van der Waals surface area (Å²) in [5.74, 6) is 1.07. The number of hydrogen-bond acceptors (Lipinski definition) is 3. The molecule has 134 valence electrons. The highest BCUT2D eigenvalue weighted by Crippen LogP contribution is 2.33. The molecule has 1 aromatic carbocycles. The van der Waals surface area contributed by atoms with E-state index in [4.69, 9.17) is 4.74 Å². The van der Waals surface area contributed by atoms with Gasteiger partial charge in [0.1, 0.15) is 5.75 Å². The second-order valence-corrected chi connectivity index (χ2v) is 5.77. The number of benzene rings is 1. The van der Waals surface area contributed by atoms with E-state index in [1.54, 1.807) is 0 Å². The topological polar surface area (TPSA) is 24.5 Å². The first-order valence-corrected chi connectivity index (χ1v) is 8.53. The van der Waals surface area contributed by atoms with Gasteiger partial charge in [0.25, 0.3) is 0 Å². The molecule has 0 aliphatic carbocycles. The maximum atomic E-state index is 5.87. The van der Waals surface area contributed by atoms with Gasteiger partial charge in [-0.05, 0) is 19.4 Å². The van der Waals surface area contributed by atoms with Gasteiger partial charge in [0.2, 0.25) is 0 Å². The van der Waals surface area contributed by atoms with Crippen LogP contribution in [0.5, 0.6) is 5.75 Å². The van der Waals surface area contributed by atoms with Gasteiger partial charge in [-0.3, -0.25) is 4.90 Å². The third-order valence-corrected chi connectivity index (χ3v) is 4.25. The highest BCUT2D eigenvalue weighted by atomic mass is 35.5. The molecule has 1 heterocycles. The zero-order valence-corrected chi connectivity index (χ0v) is 16.1. The molecule has 5 heteroatoms. The van der Waals surface area contributed by atoms with Crippen LogP contribution in [0.4, 0.5) is 0 Å². The van der Waals surface area contributed by atoms with Crippen molar-refractivity contribution in [3.8, 4) is 5.75 Å². The zero-order valence-electron chi connectivity index (χ0n) is 14.4. The van der Waals surface area contributed by atoms with Crippen LogP contribution in [0.1, 0.15) is 51.1 Å². The number of unbranched alkanes of at least 4 members (excludes halogenated alkanes) is 2. The molecule has 0 unspecified atom stereocenters. The molecule has 1 aliphatic heterocycles. The minimum atomic E-state index is 0. The fraction of sp³-hybridized carbons (Fsp3) is 0.667. The van der Waals surface area contributed by atoms with Crippen molar-refractivity contribution in [2.45, 2.75) is 45.6 Å². The van der Waals surface area contributed by atoms with Crippen molar-refractivity contribution in [3.05, 3.63) is 29.8 Å². The summed E-state index contributed by atoms with van der Waals surface area (Å²) in [5.41, 5.74) is 1.37. The normalized spacial score (nSPS) is 16.1. The summed E-state index contributed by atoms with van der Waals surface area (Å²) in [4.78, 5) is 2.63. The minimum Gasteiger partial charge on any atom is -0.494 e. The van der Waals surface area contributed by atoms with Crippen LogP contribution < -0.4 is 10.1 Å². The van der Waals surface area contributed by atoms with Gasteiger partial charge in [-0.15, -0.1) is 24.8 Å². The lowest BCUT2D eigenvalue weighted by atomic mass is 9.97. The molecule has 0 bridgehead atoms. The maximum absolute atomic E-state index is 5.87. The molecule has 1 aromatic rings. The van der Waals surface area contributed by atoms with E-state index in [0.717, 1.165) is 38.5 Å². The van der Waals surface area contributed by atoms with Gasteiger partial charge in [0.05, 0.1) is 6.61 Å². The molecule has 1 fully saturated rings. The van der Waals surface area contributed by atoms with E-state index in [2.05, 4.69) is 48.3 Å². The summed E-state index contributed by atoms with van der Waals surface area (Å²) in [6, 6.07) is 9.10. The predicted molar refractivity (Wildman–Crippen MR) is 103 cm³/mol. The first-order valence-electron chi connectivity index (χ1n) is 8.53. The second kappa shape index (κ2) is 12.9. The summed E-state index contributed by atoms with van der Waals surface area (Å²) < 4.78 is 5.87. The molecular weight excluding hydrogens is 331 g/mol. The van der Waals surface area contributed by atoms with Gasteiger partial charge in [0.15, 0.2) is 0 Å². The second-order valence-electron chi connectivity index (χ2n) is 5.77. The Labute approximate surface area is 154 Å². The summed E-state index contributed by atoms with van der Waals surface area (Å²) in [6.45, 7) is 9.54. The SMILES string of the molecule is CCCCC[C@H](c1ccccc1OCC)N1CCNCC1.Cl.Cl. The number of hydrogen-bond donors (Lipinski definition) is 1. The molecule has 0 amide bonds. The van der Waals surface area contributed by atoms with Crippen molar-refractivity contribution < 1.29 is 4.74 Å². The molecule has 23 heavy (non-hydrogen) atoms. The Hall–Kier alpha value is -0.480. The van der Waals surface area contributed by atoms with Crippen molar-refractivity contribution in [3.63, 3.8) is 0 Å². The number of nitrogens with zero attached hydrogens (tertiary/aromatic N) is 1. The van der Waals surface area contributed by atoms with Gasteiger partial charge in [-0.2, -0.15) is 0 Å². The lowest BCUT2D eigenvalue weighted by Crippen LogP contribution is -2.45. The Bertz CT molecular complexity index is 412. The highest BCUT2D eigenvalue weighted by molar-refractivity contribution is 5.85. The lowest BCUT2D eigenvalue weighted by Gasteiger charge is -2.36. The van der Waals surface area contributed by atoms with E-state index in [-0.39, 0.29) is 24.8 Å². The molecule has 3 nitrogen and oxygen atoms in total. The molecular formula is C18H32Cl2N2O. The van der Waals surface area contributed by atoms with Crippen molar-refractivity contribution in [2.75, 3.05) is 32.8 Å². The molecule has 1 atom stereocenters. The number of halogens is 2. The van der Waals surface area contributed by atoms with E-state index in [0.29, 0.717) is 6.04 Å². The number of piperazine rings is 1. The lowest BCUT2D eigenvalue weighted by molar-refractivity contribution is 0.159. The van der Waals surface area contributed by atoms with Crippen LogP contribution in [0.2, 0.25) is 0 Å². The number of ether oxygens (including phenoxy) is 1. The van der Waals surface area contributed by atoms with Crippen LogP contribution in [0.3, 0.4) is 0 Å². The molecule has 1 saturated heterocycles. The fourth-order valence-corrected chi connectivity index (χ4v) is 3.16. The molecule has 0 spiro atoms. The monoisotopic (exact) mass is 362 g/mol.